The topological polar surface area (TPSA) is 32.7 Å². The Hall–Kier alpha value is -2.76. The Kier molecular flexibility index (Phi) is 5.88. The van der Waals surface area contributed by atoms with Crippen LogP contribution in [0.25, 0.3) is 0 Å². The number of nitrogens with zero attached hydrogens (tertiary/aromatic N) is 1. The number of hydrogen-bond acceptors (Lipinski definition) is 3. The average molecular weight is 395 g/mol. The molecule has 29 heavy (non-hydrogen) atoms. The number of benzene rings is 3. The molecule has 0 saturated heterocycles. The SMILES string of the molecule is OC(Cc1ccccc1)c1ccc2c(c1)CN(Cc1ccc(F)cc1F)CCO2. The second-order valence-electron chi connectivity index (χ2n) is 7.37. The van der Waals surface area contributed by atoms with Crippen molar-refractivity contribution in [1.82, 2.24) is 4.90 Å². The van der Waals surface area contributed by atoms with Gasteiger partial charge in [0.2, 0.25) is 0 Å². The summed E-state index contributed by atoms with van der Waals surface area (Å²) in [7, 11) is 0. The van der Waals surface area contributed by atoms with Gasteiger partial charge in [0, 0.05) is 43.2 Å². The van der Waals surface area contributed by atoms with E-state index in [0.717, 1.165) is 28.5 Å². The lowest BCUT2D eigenvalue weighted by atomic mass is 9.99. The maximum Gasteiger partial charge on any atom is 0.130 e. The molecule has 1 heterocycles. The first-order chi connectivity index (χ1) is 14.1. The van der Waals surface area contributed by atoms with E-state index >= 15 is 0 Å². The number of hydrogen-bond donors (Lipinski definition) is 1. The predicted molar refractivity (Wildman–Crippen MR) is 108 cm³/mol. The number of ether oxygens (including phenoxy) is 1. The minimum atomic E-state index is -0.617. The van der Waals surface area contributed by atoms with Crippen LogP contribution in [0.2, 0.25) is 0 Å². The molecule has 0 aromatic heterocycles. The molecular weight excluding hydrogens is 372 g/mol. The molecule has 0 amide bonds. The monoisotopic (exact) mass is 395 g/mol. The molecule has 0 aliphatic carbocycles. The molecule has 0 spiro atoms. The van der Waals surface area contributed by atoms with Crippen LogP contribution >= 0.6 is 0 Å². The van der Waals surface area contributed by atoms with Crippen molar-refractivity contribution in [2.75, 3.05) is 13.2 Å². The van der Waals surface area contributed by atoms with Crippen LogP contribution in [0, 0.1) is 11.6 Å². The molecule has 1 atom stereocenters. The number of rotatable bonds is 5. The minimum absolute atomic E-state index is 0.367. The van der Waals surface area contributed by atoms with Gasteiger partial charge in [0.15, 0.2) is 0 Å². The van der Waals surface area contributed by atoms with Crippen molar-refractivity contribution in [3.8, 4) is 5.75 Å². The van der Waals surface area contributed by atoms with Gasteiger partial charge >= 0.3 is 0 Å². The summed E-state index contributed by atoms with van der Waals surface area (Å²) in [5.74, 6) is -0.335. The van der Waals surface area contributed by atoms with E-state index in [9.17, 15) is 13.9 Å². The largest absolute Gasteiger partial charge is 0.492 e. The summed E-state index contributed by atoms with van der Waals surface area (Å²) in [5.41, 5.74) is 3.30. The van der Waals surface area contributed by atoms with Crippen molar-refractivity contribution < 1.29 is 18.6 Å². The Balaban J connectivity index is 1.51. The van der Waals surface area contributed by atoms with E-state index in [0.29, 0.717) is 38.2 Å². The first-order valence-corrected chi connectivity index (χ1v) is 9.72. The second kappa shape index (κ2) is 8.72. The molecule has 3 aromatic carbocycles. The molecule has 3 nitrogen and oxygen atoms in total. The highest BCUT2D eigenvalue weighted by Gasteiger charge is 2.19. The van der Waals surface area contributed by atoms with Crippen molar-refractivity contribution >= 4 is 0 Å². The van der Waals surface area contributed by atoms with Crippen LogP contribution < -0.4 is 4.74 Å². The van der Waals surface area contributed by atoms with Gasteiger partial charge in [-0.2, -0.15) is 0 Å². The Bertz CT molecular complexity index is 978. The third kappa shape index (κ3) is 4.81. The van der Waals surface area contributed by atoms with Gasteiger partial charge in [-0.3, -0.25) is 4.90 Å². The third-order valence-corrected chi connectivity index (χ3v) is 5.21. The Morgan fingerprint density at radius 1 is 1.00 bits per heavy atom. The van der Waals surface area contributed by atoms with E-state index < -0.39 is 17.7 Å². The quantitative estimate of drug-likeness (QED) is 0.683. The Morgan fingerprint density at radius 2 is 1.83 bits per heavy atom. The van der Waals surface area contributed by atoms with Crippen LogP contribution in [-0.4, -0.2) is 23.2 Å². The van der Waals surface area contributed by atoms with E-state index in [4.69, 9.17) is 4.74 Å². The molecule has 3 aromatic rings. The molecule has 1 unspecified atom stereocenters. The summed E-state index contributed by atoms with van der Waals surface area (Å²) in [5, 5.41) is 10.7. The highest BCUT2D eigenvalue weighted by atomic mass is 19.1. The fraction of sp³-hybridized carbons (Fsp3) is 0.250. The third-order valence-electron chi connectivity index (χ3n) is 5.21. The van der Waals surface area contributed by atoms with Gasteiger partial charge in [-0.25, -0.2) is 8.78 Å². The van der Waals surface area contributed by atoms with Gasteiger partial charge < -0.3 is 9.84 Å². The van der Waals surface area contributed by atoms with Crippen LogP contribution in [0.15, 0.2) is 66.7 Å². The van der Waals surface area contributed by atoms with Gasteiger partial charge in [-0.15, -0.1) is 0 Å². The van der Waals surface area contributed by atoms with Crippen LogP contribution in [0.4, 0.5) is 8.78 Å². The molecule has 1 aliphatic heterocycles. The van der Waals surface area contributed by atoms with E-state index in [2.05, 4.69) is 4.90 Å². The standard InChI is InChI=1S/C24H23F2NO2/c25-21-8-6-19(22(26)14-21)15-27-10-11-29-24-9-7-18(13-20(24)16-27)23(28)12-17-4-2-1-3-5-17/h1-9,13-14,23,28H,10-12,15-16H2. The molecule has 4 rings (SSSR count). The zero-order chi connectivity index (χ0) is 20.2. The molecule has 5 heteroatoms. The molecule has 0 fully saturated rings. The Morgan fingerprint density at radius 3 is 2.62 bits per heavy atom. The maximum atomic E-state index is 14.0. The maximum absolute atomic E-state index is 14.0. The van der Waals surface area contributed by atoms with Gasteiger partial charge in [0.1, 0.15) is 24.0 Å². The molecule has 0 saturated carbocycles. The molecule has 1 N–H and O–H groups in total. The van der Waals surface area contributed by atoms with Crippen LogP contribution in [0.5, 0.6) is 5.75 Å². The fourth-order valence-electron chi connectivity index (χ4n) is 3.66. The van der Waals surface area contributed by atoms with Gasteiger partial charge in [-0.1, -0.05) is 42.5 Å². The van der Waals surface area contributed by atoms with Gasteiger partial charge in [0.25, 0.3) is 0 Å². The zero-order valence-corrected chi connectivity index (χ0v) is 16.0. The molecular formula is C24H23F2NO2. The number of halogens is 2. The second-order valence-corrected chi connectivity index (χ2v) is 7.37. The summed E-state index contributed by atoms with van der Waals surface area (Å²) in [6.45, 7) is 2.05. The number of fused-ring (bicyclic) bond motifs is 1. The lowest BCUT2D eigenvalue weighted by Crippen LogP contribution is -2.25. The van der Waals surface area contributed by atoms with Crippen molar-refractivity contribution in [3.63, 3.8) is 0 Å². The lowest BCUT2D eigenvalue weighted by molar-refractivity contribution is 0.178. The summed E-state index contributed by atoms with van der Waals surface area (Å²) in [6.07, 6.45) is -0.0840. The highest BCUT2D eigenvalue weighted by Crippen LogP contribution is 2.29. The summed E-state index contributed by atoms with van der Waals surface area (Å²) < 4.78 is 33.1. The van der Waals surface area contributed by atoms with Gasteiger partial charge in [-0.05, 0) is 29.3 Å². The number of aliphatic hydroxyl groups is 1. The van der Waals surface area contributed by atoms with Crippen molar-refractivity contribution in [3.05, 3.63) is 101 Å². The minimum Gasteiger partial charge on any atom is -0.492 e. The van der Waals surface area contributed by atoms with Crippen LogP contribution in [-0.2, 0) is 19.5 Å². The number of aliphatic hydroxyl groups excluding tert-OH is 1. The molecule has 0 bridgehead atoms. The fourth-order valence-corrected chi connectivity index (χ4v) is 3.66. The molecule has 0 radical (unpaired) electrons. The smallest absolute Gasteiger partial charge is 0.130 e. The zero-order valence-electron chi connectivity index (χ0n) is 16.0. The van der Waals surface area contributed by atoms with E-state index in [1.54, 1.807) is 0 Å². The molecule has 150 valence electrons. The van der Waals surface area contributed by atoms with Crippen molar-refractivity contribution in [1.29, 1.82) is 0 Å². The predicted octanol–water partition coefficient (Wildman–Crippen LogP) is 4.64. The first kappa shape index (κ1) is 19.6. The summed E-state index contributed by atoms with van der Waals surface area (Å²) >= 11 is 0. The Labute approximate surface area is 169 Å². The van der Waals surface area contributed by atoms with E-state index in [-0.39, 0.29) is 0 Å². The van der Waals surface area contributed by atoms with Crippen molar-refractivity contribution in [2.45, 2.75) is 25.6 Å². The molecule has 1 aliphatic rings. The lowest BCUT2D eigenvalue weighted by Gasteiger charge is -2.20. The van der Waals surface area contributed by atoms with Crippen molar-refractivity contribution in [2.24, 2.45) is 0 Å². The highest BCUT2D eigenvalue weighted by molar-refractivity contribution is 5.39. The summed E-state index contributed by atoms with van der Waals surface area (Å²) in [6, 6.07) is 19.3. The van der Waals surface area contributed by atoms with Crippen LogP contribution in [0.1, 0.15) is 28.4 Å². The van der Waals surface area contributed by atoms with Gasteiger partial charge in [0.05, 0.1) is 6.10 Å². The summed E-state index contributed by atoms with van der Waals surface area (Å²) in [4.78, 5) is 2.06. The van der Waals surface area contributed by atoms with E-state index in [1.807, 2.05) is 48.5 Å². The normalized spacial score (nSPS) is 15.3. The average Bonchev–Trinajstić information content (AvgIpc) is 2.92. The first-order valence-electron chi connectivity index (χ1n) is 9.72. The van der Waals surface area contributed by atoms with Crippen LogP contribution in [0.3, 0.4) is 0 Å². The van der Waals surface area contributed by atoms with E-state index in [1.165, 1.54) is 12.1 Å².